The highest BCUT2D eigenvalue weighted by molar-refractivity contribution is 5.91. The molecule has 3 heterocycles. The van der Waals surface area contributed by atoms with Gasteiger partial charge in [-0.05, 0) is 25.0 Å². The van der Waals surface area contributed by atoms with Crippen LogP contribution < -0.4 is 0 Å². The van der Waals surface area contributed by atoms with Gasteiger partial charge in [0.15, 0.2) is 5.60 Å². The van der Waals surface area contributed by atoms with Gasteiger partial charge in [0.05, 0.1) is 12.7 Å². The van der Waals surface area contributed by atoms with Crippen LogP contribution in [-0.4, -0.2) is 25.0 Å². The fraction of sp³-hybridized carbons (Fsp3) is 0.471. The summed E-state index contributed by atoms with van der Waals surface area (Å²) in [5.74, 6) is -1.70. The van der Waals surface area contributed by atoms with Crippen molar-refractivity contribution < 1.29 is 24.0 Å². The van der Waals surface area contributed by atoms with Gasteiger partial charge < -0.3 is 9.47 Å². The second-order valence-corrected chi connectivity index (χ2v) is 5.72. The molecule has 0 amide bonds. The van der Waals surface area contributed by atoms with Gasteiger partial charge in [0.2, 0.25) is 5.79 Å². The first-order valence-corrected chi connectivity index (χ1v) is 7.47. The maximum Gasteiger partial charge on any atom is 0.339 e. The van der Waals surface area contributed by atoms with Gasteiger partial charge in [-0.2, -0.15) is 4.89 Å². The predicted octanol–water partition coefficient (Wildman–Crippen LogP) is 2.86. The summed E-state index contributed by atoms with van der Waals surface area (Å²) in [5, 5.41) is 0. The largest absolute Gasteiger partial charge is 0.466 e. The van der Waals surface area contributed by atoms with E-state index in [1.807, 2.05) is 30.3 Å². The van der Waals surface area contributed by atoms with Gasteiger partial charge in [-0.3, -0.25) is 0 Å². The Bertz CT molecular complexity index is 596. The molecule has 3 aliphatic heterocycles. The van der Waals surface area contributed by atoms with E-state index in [9.17, 15) is 4.79 Å². The summed E-state index contributed by atoms with van der Waals surface area (Å²) in [6, 6.07) is 9.65. The van der Waals surface area contributed by atoms with E-state index in [2.05, 4.69) is 6.92 Å². The second-order valence-electron chi connectivity index (χ2n) is 5.72. The third-order valence-electron chi connectivity index (χ3n) is 4.21. The van der Waals surface area contributed by atoms with Crippen LogP contribution in [0.5, 0.6) is 0 Å². The third kappa shape index (κ3) is 2.17. The molecule has 0 aliphatic carbocycles. The molecule has 5 heteroatoms. The van der Waals surface area contributed by atoms with Gasteiger partial charge >= 0.3 is 5.97 Å². The lowest BCUT2D eigenvalue weighted by Crippen LogP contribution is -2.60. The van der Waals surface area contributed by atoms with Crippen molar-refractivity contribution in [1.82, 2.24) is 0 Å². The van der Waals surface area contributed by atoms with Crippen LogP contribution in [0.1, 0.15) is 32.3 Å². The number of methoxy groups -OCH3 is 1. The average Bonchev–Trinajstić information content (AvgIpc) is 2.55. The second kappa shape index (κ2) is 5.50. The number of esters is 1. The van der Waals surface area contributed by atoms with Crippen LogP contribution in [-0.2, 0) is 29.6 Å². The molecule has 0 aromatic heterocycles. The van der Waals surface area contributed by atoms with Crippen LogP contribution in [0.15, 0.2) is 42.0 Å². The predicted molar refractivity (Wildman–Crippen MR) is 78.6 cm³/mol. The molecule has 22 heavy (non-hydrogen) atoms. The molecular weight excluding hydrogens is 284 g/mol. The number of hydrogen-bond acceptors (Lipinski definition) is 5. The molecule has 1 aromatic carbocycles. The average molecular weight is 304 g/mol. The van der Waals surface area contributed by atoms with Crippen molar-refractivity contribution in [1.29, 1.82) is 0 Å². The van der Waals surface area contributed by atoms with E-state index in [1.54, 1.807) is 13.0 Å². The molecule has 5 nitrogen and oxygen atoms in total. The molecule has 2 bridgehead atoms. The maximum absolute atomic E-state index is 12.1. The first-order chi connectivity index (χ1) is 10.6. The molecule has 0 spiro atoms. The molecule has 4 rings (SSSR count). The Morgan fingerprint density at radius 3 is 2.64 bits per heavy atom. The lowest BCUT2D eigenvalue weighted by molar-refractivity contribution is -0.519. The zero-order valence-corrected chi connectivity index (χ0v) is 13.0. The normalized spacial score (nSPS) is 33.4. The molecule has 0 radical (unpaired) electrons. The van der Waals surface area contributed by atoms with Crippen LogP contribution >= 0.6 is 0 Å². The summed E-state index contributed by atoms with van der Waals surface area (Å²) in [6.07, 6.45) is 3.28. The zero-order valence-electron chi connectivity index (χ0n) is 13.0. The van der Waals surface area contributed by atoms with Crippen LogP contribution in [0.4, 0.5) is 0 Å². The van der Waals surface area contributed by atoms with Crippen molar-refractivity contribution in [2.45, 2.75) is 44.2 Å². The highest BCUT2D eigenvalue weighted by Crippen LogP contribution is 2.50. The van der Waals surface area contributed by atoms with E-state index in [1.165, 1.54) is 7.11 Å². The van der Waals surface area contributed by atoms with E-state index in [-0.39, 0.29) is 6.10 Å². The summed E-state index contributed by atoms with van der Waals surface area (Å²) in [6.45, 7) is 3.75. The van der Waals surface area contributed by atoms with E-state index in [0.29, 0.717) is 5.57 Å². The van der Waals surface area contributed by atoms with E-state index in [4.69, 9.17) is 19.2 Å². The van der Waals surface area contributed by atoms with Crippen LogP contribution in [0, 0.1) is 0 Å². The zero-order chi connectivity index (χ0) is 15.8. The van der Waals surface area contributed by atoms with Crippen molar-refractivity contribution in [2.75, 3.05) is 7.11 Å². The van der Waals surface area contributed by atoms with Gasteiger partial charge in [-0.1, -0.05) is 43.7 Å². The first-order valence-electron chi connectivity index (χ1n) is 7.47. The molecule has 3 aliphatic rings. The third-order valence-corrected chi connectivity index (χ3v) is 4.21. The number of hydrogen-bond donors (Lipinski definition) is 0. The Morgan fingerprint density at radius 2 is 2.00 bits per heavy atom. The van der Waals surface area contributed by atoms with Gasteiger partial charge in [0.1, 0.15) is 6.10 Å². The number of rotatable bonds is 4. The topological polar surface area (TPSA) is 54.0 Å². The Labute approximate surface area is 129 Å². The molecule has 0 saturated carbocycles. The van der Waals surface area contributed by atoms with Gasteiger partial charge in [0, 0.05) is 0 Å². The summed E-state index contributed by atoms with van der Waals surface area (Å²) >= 11 is 0. The molecule has 0 N–H and O–H groups in total. The van der Waals surface area contributed by atoms with Crippen molar-refractivity contribution in [3.05, 3.63) is 47.5 Å². The van der Waals surface area contributed by atoms with Crippen molar-refractivity contribution in [2.24, 2.45) is 0 Å². The molecule has 1 saturated heterocycles. The SMILES string of the molecule is CCC[C@@H]1O[C@@]2(C)OO[C@]1(c1ccccc1)C=C2C(=O)OC. The molecule has 3 atom stereocenters. The number of carbonyl (C=O) groups excluding carboxylic acids is 1. The highest BCUT2D eigenvalue weighted by Gasteiger charge is 2.59. The van der Waals surface area contributed by atoms with Gasteiger partial charge in [0.25, 0.3) is 0 Å². The minimum atomic E-state index is -1.23. The minimum Gasteiger partial charge on any atom is -0.466 e. The Kier molecular flexibility index (Phi) is 3.80. The Hall–Kier alpha value is -1.69. The standard InChI is InChI=1S/C17H20O5/c1-4-8-14-17(12-9-6-5-7-10-12)11-13(15(18)19-3)16(2,20-14)21-22-17/h5-7,9-11,14H,4,8H2,1-3H3/t14-,16-,17-/m0/s1. The van der Waals surface area contributed by atoms with Crippen LogP contribution in [0.2, 0.25) is 0 Å². The first kappa shape index (κ1) is 15.2. The fourth-order valence-corrected chi connectivity index (χ4v) is 3.06. The number of carbonyl (C=O) groups is 1. The number of ether oxygens (including phenoxy) is 2. The fourth-order valence-electron chi connectivity index (χ4n) is 3.06. The molecule has 1 fully saturated rings. The monoisotopic (exact) mass is 304 g/mol. The summed E-state index contributed by atoms with van der Waals surface area (Å²) in [5.41, 5.74) is 0.285. The summed E-state index contributed by atoms with van der Waals surface area (Å²) in [7, 11) is 1.34. The van der Waals surface area contributed by atoms with E-state index < -0.39 is 17.4 Å². The lowest BCUT2D eigenvalue weighted by Gasteiger charge is -2.52. The van der Waals surface area contributed by atoms with E-state index in [0.717, 1.165) is 18.4 Å². The van der Waals surface area contributed by atoms with Gasteiger partial charge in [-0.15, -0.1) is 0 Å². The summed E-state index contributed by atoms with van der Waals surface area (Å²) in [4.78, 5) is 23.3. The van der Waals surface area contributed by atoms with Gasteiger partial charge in [-0.25, -0.2) is 9.68 Å². The molecule has 1 aromatic rings. The minimum absolute atomic E-state index is 0.230. The Morgan fingerprint density at radius 1 is 1.27 bits per heavy atom. The Balaban J connectivity index is 2.14. The van der Waals surface area contributed by atoms with Crippen molar-refractivity contribution in [3.8, 4) is 0 Å². The summed E-state index contributed by atoms with van der Waals surface area (Å²) < 4.78 is 11.0. The quantitative estimate of drug-likeness (QED) is 0.632. The van der Waals surface area contributed by atoms with Crippen molar-refractivity contribution in [3.63, 3.8) is 0 Å². The smallest absolute Gasteiger partial charge is 0.339 e. The lowest BCUT2D eigenvalue weighted by atomic mass is 9.80. The number of benzene rings is 1. The molecular formula is C17H20O5. The number of fused-ring (bicyclic) bond motifs is 2. The van der Waals surface area contributed by atoms with Crippen LogP contribution in [0.3, 0.4) is 0 Å². The molecule has 0 unspecified atom stereocenters. The van der Waals surface area contributed by atoms with E-state index >= 15 is 0 Å². The molecule has 118 valence electrons. The van der Waals surface area contributed by atoms with Crippen LogP contribution in [0.25, 0.3) is 0 Å². The van der Waals surface area contributed by atoms with Crippen molar-refractivity contribution >= 4 is 5.97 Å². The maximum atomic E-state index is 12.1. The highest BCUT2D eigenvalue weighted by atomic mass is 17.3.